The van der Waals surface area contributed by atoms with Crippen LogP contribution in [0.3, 0.4) is 0 Å². The molecule has 0 N–H and O–H groups in total. The van der Waals surface area contributed by atoms with Crippen LogP contribution in [0.5, 0.6) is 0 Å². The highest BCUT2D eigenvalue weighted by Crippen LogP contribution is 2.25. The molecule has 4 heteroatoms. The maximum absolute atomic E-state index is 12.1. The van der Waals surface area contributed by atoms with E-state index in [0.29, 0.717) is 30.8 Å². The Bertz CT molecular complexity index is 535. The SMILES string of the molecule is CC1(C)COC(CCCC(=O)c2cccc(C#N)c2)OC1. The van der Waals surface area contributed by atoms with Gasteiger partial charge in [0.2, 0.25) is 0 Å². The summed E-state index contributed by atoms with van der Waals surface area (Å²) >= 11 is 0. The van der Waals surface area contributed by atoms with Gasteiger partial charge in [-0.3, -0.25) is 4.79 Å². The lowest BCUT2D eigenvalue weighted by atomic mass is 9.95. The van der Waals surface area contributed by atoms with Crippen molar-refractivity contribution in [2.75, 3.05) is 13.2 Å². The molecule has 2 rings (SSSR count). The minimum atomic E-state index is -0.198. The van der Waals surface area contributed by atoms with Crippen LogP contribution < -0.4 is 0 Å². The van der Waals surface area contributed by atoms with Crippen LogP contribution in [0, 0.1) is 16.7 Å². The second-order valence-electron chi connectivity index (χ2n) is 6.22. The average Bonchev–Trinajstić information content (AvgIpc) is 2.49. The standard InChI is InChI=1S/C17H21NO3/c1-17(2)11-20-16(21-12-17)8-4-7-15(19)14-6-3-5-13(9-14)10-18/h3,5-6,9,16H,4,7-8,11-12H2,1-2H3. The number of rotatable bonds is 5. The summed E-state index contributed by atoms with van der Waals surface area (Å²) < 4.78 is 11.3. The van der Waals surface area contributed by atoms with Crippen molar-refractivity contribution in [2.45, 2.75) is 39.4 Å². The molecule has 21 heavy (non-hydrogen) atoms. The smallest absolute Gasteiger partial charge is 0.162 e. The number of carbonyl (C=O) groups is 1. The fourth-order valence-electron chi connectivity index (χ4n) is 2.23. The summed E-state index contributed by atoms with van der Waals surface area (Å²) in [6.07, 6.45) is 1.69. The minimum Gasteiger partial charge on any atom is -0.352 e. The average molecular weight is 287 g/mol. The Hall–Kier alpha value is -1.70. The Morgan fingerprint density at radius 2 is 2.10 bits per heavy atom. The first-order valence-corrected chi connectivity index (χ1v) is 7.27. The zero-order chi connectivity index (χ0) is 15.3. The van der Waals surface area contributed by atoms with Crippen molar-refractivity contribution in [1.82, 2.24) is 0 Å². The molecule has 1 aliphatic heterocycles. The summed E-state index contributed by atoms with van der Waals surface area (Å²) in [6, 6.07) is 8.87. The van der Waals surface area contributed by atoms with E-state index in [0.717, 1.165) is 12.8 Å². The molecule has 1 heterocycles. The highest BCUT2D eigenvalue weighted by molar-refractivity contribution is 5.96. The molecule has 1 aliphatic rings. The van der Waals surface area contributed by atoms with Gasteiger partial charge in [0.1, 0.15) is 0 Å². The number of hydrogen-bond acceptors (Lipinski definition) is 4. The number of ether oxygens (including phenoxy) is 2. The first-order chi connectivity index (χ1) is 10.00. The fraction of sp³-hybridized carbons (Fsp3) is 0.529. The van der Waals surface area contributed by atoms with E-state index in [1.807, 2.05) is 6.07 Å². The van der Waals surface area contributed by atoms with Crippen LogP contribution >= 0.6 is 0 Å². The Labute approximate surface area is 125 Å². The van der Waals surface area contributed by atoms with Crippen molar-refractivity contribution in [2.24, 2.45) is 5.41 Å². The van der Waals surface area contributed by atoms with Gasteiger partial charge in [-0.05, 0) is 25.0 Å². The van der Waals surface area contributed by atoms with Gasteiger partial charge in [-0.2, -0.15) is 5.26 Å². The van der Waals surface area contributed by atoms with Gasteiger partial charge in [0, 0.05) is 17.4 Å². The van der Waals surface area contributed by atoms with Gasteiger partial charge in [0.25, 0.3) is 0 Å². The Morgan fingerprint density at radius 1 is 1.38 bits per heavy atom. The summed E-state index contributed by atoms with van der Waals surface area (Å²) in [4.78, 5) is 12.1. The second-order valence-corrected chi connectivity index (χ2v) is 6.22. The Balaban J connectivity index is 1.76. The molecule has 0 amide bonds. The highest BCUT2D eigenvalue weighted by Gasteiger charge is 2.27. The van der Waals surface area contributed by atoms with Crippen molar-refractivity contribution in [1.29, 1.82) is 5.26 Å². The fourth-order valence-corrected chi connectivity index (χ4v) is 2.23. The molecule has 4 nitrogen and oxygen atoms in total. The molecule has 1 fully saturated rings. The van der Waals surface area contributed by atoms with Crippen LogP contribution in [0.15, 0.2) is 24.3 Å². The van der Waals surface area contributed by atoms with Crippen molar-refractivity contribution < 1.29 is 14.3 Å². The highest BCUT2D eigenvalue weighted by atomic mass is 16.7. The van der Waals surface area contributed by atoms with Gasteiger partial charge in [0.05, 0.1) is 24.8 Å². The van der Waals surface area contributed by atoms with Gasteiger partial charge >= 0.3 is 0 Å². The number of benzene rings is 1. The lowest BCUT2D eigenvalue weighted by Crippen LogP contribution is -2.37. The third-order valence-corrected chi connectivity index (χ3v) is 3.48. The lowest BCUT2D eigenvalue weighted by molar-refractivity contribution is -0.223. The predicted octanol–water partition coefficient (Wildman–Crippen LogP) is 3.31. The molecule has 1 saturated heterocycles. The van der Waals surface area contributed by atoms with Crippen LogP contribution in [-0.2, 0) is 9.47 Å². The molecule has 0 aliphatic carbocycles. The largest absolute Gasteiger partial charge is 0.352 e. The maximum Gasteiger partial charge on any atom is 0.162 e. The number of carbonyl (C=O) groups excluding carboxylic acids is 1. The zero-order valence-corrected chi connectivity index (χ0v) is 12.6. The van der Waals surface area contributed by atoms with Crippen molar-refractivity contribution >= 4 is 5.78 Å². The number of nitriles is 1. The van der Waals surface area contributed by atoms with E-state index in [1.54, 1.807) is 24.3 Å². The van der Waals surface area contributed by atoms with Crippen LogP contribution in [-0.4, -0.2) is 25.3 Å². The van der Waals surface area contributed by atoms with Gasteiger partial charge < -0.3 is 9.47 Å². The van der Waals surface area contributed by atoms with E-state index >= 15 is 0 Å². The van der Waals surface area contributed by atoms with E-state index in [-0.39, 0.29) is 17.5 Å². The van der Waals surface area contributed by atoms with Gasteiger partial charge in [-0.1, -0.05) is 26.0 Å². The molecule has 0 saturated carbocycles. The first kappa shape index (κ1) is 15.7. The summed E-state index contributed by atoms with van der Waals surface area (Å²) in [5.41, 5.74) is 1.19. The van der Waals surface area contributed by atoms with E-state index in [1.165, 1.54) is 0 Å². The van der Waals surface area contributed by atoms with Crippen LogP contribution in [0.4, 0.5) is 0 Å². The Kier molecular flexibility index (Phi) is 5.11. The lowest BCUT2D eigenvalue weighted by Gasteiger charge is -2.34. The van der Waals surface area contributed by atoms with Gasteiger partial charge in [-0.15, -0.1) is 0 Å². The van der Waals surface area contributed by atoms with Crippen molar-refractivity contribution in [3.63, 3.8) is 0 Å². The molecular weight excluding hydrogens is 266 g/mol. The molecule has 0 bridgehead atoms. The quantitative estimate of drug-likeness (QED) is 0.779. The van der Waals surface area contributed by atoms with E-state index in [4.69, 9.17) is 14.7 Å². The first-order valence-electron chi connectivity index (χ1n) is 7.27. The van der Waals surface area contributed by atoms with E-state index in [2.05, 4.69) is 13.8 Å². The molecule has 112 valence electrons. The monoisotopic (exact) mass is 287 g/mol. The summed E-state index contributed by atoms with van der Waals surface area (Å²) in [7, 11) is 0. The molecule has 0 atom stereocenters. The summed E-state index contributed by atoms with van der Waals surface area (Å²) in [5.74, 6) is 0.0586. The van der Waals surface area contributed by atoms with Crippen molar-refractivity contribution in [3.05, 3.63) is 35.4 Å². The van der Waals surface area contributed by atoms with Gasteiger partial charge in [0.15, 0.2) is 12.1 Å². The molecule has 0 spiro atoms. The zero-order valence-electron chi connectivity index (χ0n) is 12.6. The van der Waals surface area contributed by atoms with E-state index in [9.17, 15) is 4.79 Å². The number of nitrogens with zero attached hydrogens (tertiary/aromatic N) is 1. The number of ketones is 1. The number of Topliss-reactive ketones (excluding diaryl/α,β-unsaturated/α-hetero) is 1. The molecule has 0 aromatic heterocycles. The third-order valence-electron chi connectivity index (χ3n) is 3.48. The van der Waals surface area contributed by atoms with Crippen LogP contribution in [0.1, 0.15) is 49.0 Å². The topological polar surface area (TPSA) is 59.3 Å². The molecule has 0 unspecified atom stereocenters. The van der Waals surface area contributed by atoms with Crippen LogP contribution in [0.25, 0.3) is 0 Å². The Morgan fingerprint density at radius 3 is 2.76 bits per heavy atom. The molecule has 1 aromatic rings. The third kappa shape index (κ3) is 4.66. The van der Waals surface area contributed by atoms with Crippen LogP contribution in [0.2, 0.25) is 0 Å². The normalized spacial score (nSPS) is 18.1. The summed E-state index contributed by atoms with van der Waals surface area (Å²) in [5, 5.41) is 8.84. The maximum atomic E-state index is 12.1. The minimum absolute atomic E-state index is 0.0586. The van der Waals surface area contributed by atoms with Gasteiger partial charge in [-0.25, -0.2) is 0 Å². The van der Waals surface area contributed by atoms with Crippen molar-refractivity contribution in [3.8, 4) is 6.07 Å². The van der Waals surface area contributed by atoms with E-state index < -0.39 is 0 Å². The molecule has 1 aromatic carbocycles. The second kappa shape index (κ2) is 6.84. The molecular formula is C17H21NO3. The molecule has 0 radical (unpaired) electrons. The predicted molar refractivity (Wildman–Crippen MR) is 78.8 cm³/mol. The number of hydrogen-bond donors (Lipinski definition) is 0. The summed E-state index contributed by atoms with van der Waals surface area (Å²) in [6.45, 7) is 5.59.